The third-order valence-electron chi connectivity index (χ3n) is 4.98. The molecule has 10 heteroatoms. The summed E-state index contributed by atoms with van der Waals surface area (Å²) in [5.74, 6) is -2.67. The van der Waals surface area contributed by atoms with E-state index in [4.69, 9.17) is 10.5 Å². The van der Waals surface area contributed by atoms with Gasteiger partial charge in [0.2, 0.25) is 11.8 Å². The average Bonchev–Trinajstić information content (AvgIpc) is 2.86. The van der Waals surface area contributed by atoms with Gasteiger partial charge in [0, 0.05) is 13.0 Å². The molecule has 0 bridgehead atoms. The highest BCUT2D eigenvalue weighted by Crippen LogP contribution is 2.33. The molecule has 0 radical (unpaired) electrons. The van der Waals surface area contributed by atoms with Gasteiger partial charge >= 0.3 is 0 Å². The molecule has 0 aromatic heterocycles. The van der Waals surface area contributed by atoms with Gasteiger partial charge < -0.3 is 15.8 Å². The van der Waals surface area contributed by atoms with Crippen LogP contribution in [0.5, 0.6) is 5.75 Å². The van der Waals surface area contributed by atoms with E-state index in [0.717, 1.165) is 17.7 Å². The second-order valence-corrected chi connectivity index (χ2v) is 7.11. The molecule has 1 atom stereocenters. The molecule has 1 fully saturated rings. The average molecular weight is 416 g/mol. The Morgan fingerprint density at radius 1 is 1.20 bits per heavy atom. The highest BCUT2D eigenvalue weighted by Gasteiger charge is 2.45. The number of amides is 5. The summed E-state index contributed by atoms with van der Waals surface area (Å²) < 4.78 is 5.50. The Kier molecular flexibility index (Phi) is 6.78. The van der Waals surface area contributed by atoms with Crippen molar-refractivity contribution in [2.45, 2.75) is 38.1 Å². The number of fused-ring (bicyclic) bond motifs is 1. The maximum atomic E-state index is 13.0. The zero-order valence-corrected chi connectivity index (χ0v) is 16.4. The molecule has 2 aliphatic rings. The van der Waals surface area contributed by atoms with Crippen LogP contribution in [0.2, 0.25) is 0 Å². The summed E-state index contributed by atoms with van der Waals surface area (Å²) in [6.07, 6.45) is 2.27. The van der Waals surface area contributed by atoms with Crippen molar-refractivity contribution in [3.05, 3.63) is 29.3 Å². The van der Waals surface area contributed by atoms with Crippen LogP contribution < -0.4 is 21.1 Å². The van der Waals surface area contributed by atoms with Gasteiger partial charge in [-0.2, -0.15) is 0 Å². The number of rotatable bonds is 8. The van der Waals surface area contributed by atoms with E-state index >= 15 is 0 Å². The molecule has 4 N–H and O–H groups in total. The maximum Gasteiger partial charge on any atom is 0.266 e. The Morgan fingerprint density at radius 2 is 2.00 bits per heavy atom. The van der Waals surface area contributed by atoms with Gasteiger partial charge in [0.25, 0.3) is 17.7 Å². The fourth-order valence-electron chi connectivity index (χ4n) is 3.48. The van der Waals surface area contributed by atoms with Gasteiger partial charge in [-0.15, -0.1) is 0 Å². The molecule has 10 nitrogen and oxygen atoms in total. The number of hydrogen-bond donors (Lipinski definition) is 3. The SMILES string of the molecule is NCCCCNC(=O)COc1cccc2c1C(=O)N(C1CCCC(=O)NC1=O)C2=O. The summed E-state index contributed by atoms with van der Waals surface area (Å²) in [5, 5.41) is 4.89. The van der Waals surface area contributed by atoms with Gasteiger partial charge in [0.1, 0.15) is 11.8 Å². The van der Waals surface area contributed by atoms with Gasteiger partial charge in [-0.3, -0.25) is 34.2 Å². The topological polar surface area (TPSA) is 148 Å². The standard InChI is InChI=1S/C20H24N4O6/c21-9-1-2-10-22-16(26)11-30-14-7-3-5-12-17(14)20(29)24(19(12)28)13-6-4-8-15(25)23-18(13)27/h3,5,7,13H,1-2,4,6,8-11,21H2,(H,22,26)(H,23,25,27). The molecule has 0 spiro atoms. The predicted octanol–water partition coefficient (Wildman–Crippen LogP) is -0.288. The van der Waals surface area contributed by atoms with E-state index in [9.17, 15) is 24.0 Å². The van der Waals surface area contributed by atoms with Gasteiger partial charge in [-0.1, -0.05) is 6.07 Å². The van der Waals surface area contributed by atoms with Crippen LogP contribution in [-0.2, 0) is 14.4 Å². The van der Waals surface area contributed by atoms with Gasteiger partial charge in [-0.25, -0.2) is 0 Å². The zero-order valence-electron chi connectivity index (χ0n) is 16.4. The van der Waals surface area contributed by atoms with E-state index < -0.39 is 29.7 Å². The molecule has 5 amide bonds. The third kappa shape index (κ3) is 4.48. The maximum absolute atomic E-state index is 13.0. The summed E-state index contributed by atoms with van der Waals surface area (Å²) in [6, 6.07) is 3.43. The highest BCUT2D eigenvalue weighted by molar-refractivity contribution is 6.24. The van der Waals surface area contributed by atoms with Crippen LogP contribution >= 0.6 is 0 Å². The van der Waals surface area contributed by atoms with E-state index in [1.54, 1.807) is 6.07 Å². The Hall–Kier alpha value is -3.27. The number of nitrogens with zero attached hydrogens (tertiary/aromatic N) is 1. The molecule has 1 aromatic carbocycles. The number of nitrogens with one attached hydrogen (secondary N) is 2. The Labute approximate surface area is 173 Å². The molecule has 30 heavy (non-hydrogen) atoms. The Balaban J connectivity index is 1.72. The van der Waals surface area contributed by atoms with E-state index in [1.165, 1.54) is 12.1 Å². The summed E-state index contributed by atoms with van der Waals surface area (Å²) in [5.41, 5.74) is 5.52. The monoisotopic (exact) mass is 416 g/mol. The smallest absolute Gasteiger partial charge is 0.266 e. The number of nitrogens with two attached hydrogens (primary N) is 1. The van der Waals surface area contributed by atoms with E-state index in [2.05, 4.69) is 10.6 Å². The first-order chi connectivity index (χ1) is 14.4. The summed E-state index contributed by atoms with van der Waals surface area (Å²) in [4.78, 5) is 62.5. The molecular weight excluding hydrogens is 392 g/mol. The quantitative estimate of drug-likeness (QED) is 0.390. The Bertz CT molecular complexity index is 884. The first-order valence-corrected chi connectivity index (χ1v) is 9.88. The molecular formula is C20H24N4O6. The molecule has 2 heterocycles. The fraction of sp³-hybridized carbons (Fsp3) is 0.450. The largest absolute Gasteiger partial charge is 0.483 e. The molecule has 1 unspecified atom stereocenters. The molecule has 160 valence electrons. The van der Waals surface area contributed by atoms with Crippen LogP contribution in [0.25, 0.3) is 0 Å². The van der Waals surface area contributed by atoms with Crippen molar-refractivity contribution < 1.29 is 28.7 Å². The lowest BCUT2D eigenvalue weighted by Gasteiger charge is -2.23. The van der Waals surface area contributed by atoms with Crippen LogP contribution in [-0.4, -0.2) is 60.2 Å². The van der Waals surface area contributed by atoms with Crippen LogP contribution in [0, 0.1) is 0 Å². The van der Waals surface area contributed by atoms with E-state index in [-0.39, 0.29) is 42.2 Å². The third-order valence-corrected chi connectivity index (χ3v) is 4.98. The lowest BCUT2D eigenvalue weighted by Crippen LogP contribution is -2.49. The van der Waals surface area contributed by atoms with Crippen LogP contribution in [0.3, 0.4) is 0 Å². The molecule has 3 rings (SSSR count). The minimum absolute atomic E-state index is 0.0156. The van der Waals surface area contributed by atoms with Crippen LogP contribution in [0.4, 0.5) is 0 Å². The first kappa shape index (κ1) is 21.4. The summed E-state index contributed by atoms with van der Waals surface area (Å²) >= 11 is 0. The zero-order chi connectivity index (χ0) is 21.7. The molecule has 0 aliphatic carbocycles. The second-order valence-electron chi connectivity index (χ2n) is 7.11. The summed E-state index contributed by atoms with van der Waals surface area (Å²) in [6.45, 7) is 0.689. The predicted molar refractivity (Wildman–Crippen MR) is 105 cm³/mol. The number of ether oxygens (including phenoxy) is 1. The van der Waals surface area contributed by atoms with E-state index in [0.29, 0.717) is 19.5 Å². The number of carbonyl (C=O) groups excluding carboxylic acids is 5. The minimum Gasteiger partial charge on any atom is -0.483 e. The lowest BCUT2D eigenvalue weighted by atomic mass is 10.1. The van der Waals surface area contributed by atoms with Crippen molar-refractivity contribution in [2.75, 3.05) is 19.7 Å². The number of carbonyl (C=O) groups is 5. The number of benzene rings is 1. The van der Waals surface area contributed by atoms with Gasteiger partial charge in [0.15, 0.2) is 6.61 Å². The van der Waals surface area contributed by atoms with Crippen molar-refractivity contribution >= 4 is 29.5 Å². The van der Waals surface area contributed by atoms with Crippen LogP contribution in [0.15, 0.2) is 18.2 Å². The highest BCUT2D eigenvalue weighted by atomic mass is 16.5. The van der Waals surface area contributed by atoms with Crippen molar-refractivity contribution in [1.82, 2.24) is 15.5 Å². The lowest BCUT2D eigenvalue weighted by molar-refractivity contribution is -0.131. The van der Waals surface area contributed by atoms with Crippen molar-refractivity contribution in [1.29, 1.82) is 0 Å². The van der Waals surface area contributed by atoms with Crippen LogP contribution in [0.1, 0.15) is 52.8 Å². The molecule has 0 saturated carbocycles. The molecule has 1 saturated heterocycles. The normalized spacial score (nSPS) is 18.7. The van der Waals surface area contributed by atoms with E-state index in [1.807, 2.05) is 0 Å². The minimum atomic E-state index is -1.07. The Morgan fingerprint density at radius 3 is 2.77 bits per heavy atom. The fourth-order valence-corrected chi connectivity index (χ4v) is 3.48. The number of hydrogen-bond acceptors (Lipinski definition) is 7. The molecule has 1 aromatic rings. The van der Waals surface area contributed by atoms with Crippen molar-refractivity contribution in [3.8, 4) is 5.75 Å². The summed E-state index contributed by atoms with van der Waals surface area (Å²) in [7, 11) is 0. The van der Waals surface area contributed by atoms with Crippen molar-refractivity contribution in [2.24, 2.45) is 5.73 Å². The first-order valence-electron chi connectivity index (χ1n) is 9.88. The molecule has 2 aliphatic heterocycles. The van der Waals surface area contributed by atoms with Gasteiger partial charge in [0.05, 0.1) is 11.1 Å². The van der Waals surface area contributed by atoms with Crippen molar-refractivity contribution in [3.63, 3.8) is 0 Å². The second kappa shape index (κ2) is 9.49. The van der Waals surface area contributed by atoms with Gasteiger partial charge in [-0.05, 0) is 44.4 Å². The number of unbranched alkanes of at least 4 members (excludes halogenated alkanes) is 1. The number of imide groups is 2.